The third-order valence-electron chi connectivity index (χ3n) is 7.83. The Bertz CT molecular complexity index is 1170. The fourth-order valence-corrected chi connectivity index (χ4v) is 5.88. The summed E-state index contributed by atoms with van der Waals surface area (Å²) >= 11 is 0. The van der Waals surface area contributed by atoms with E-state index in [-0.39, 0.29) is 6.10 Å². The van der Waals surface area contributed by atoms with E-state index in [2.05, 4.69) is 37.8 Å². The summed E-state index contributed by atoms with van der Waals surface area (Å²) in [6.45, 7) is 3.86. The fourth-order valence-electron chi connectivity index (χ4n) is 5.88. The molecule has 2 aliphatic heterocycles. The van der Waals surface area contributed by atoms with Gasteiger partial charge in [0.05, 0.1) is 11.5 Å². The molecular formula is C27H34FN5O2. The van der Waals surface area contributed by atoms with E-state index in [4.69, 9.17) is 15.2 Å². The van der Waals surface area contributed by atoms with Crippen LogP contribution in [0, 0.1) is 5.92 Å². The number of benzene rings is 1. The molecule has 0 amide bonds. The van der Waals surface area contributed by atoms with E-state index in [0.29, 0.717) is 37.4 Å². The minimum absolute atomic E-state index is 0.168. The molecule has 4 heterocycles. The van der Waals surface area contributed by atoms with Gasteiger partial charge in [-0.3, -0.25) is 0 Å². The Morgan fingerprint density at radius 1 is 1.17 bits per heavy atom. The second-order valence-corrected chi connectivity index (χ2v) is 10.4. The van der Waals surface area contributed by atoms with E-state index >= 15 is 0 Å². The maximum absolute atomic E-state index is 13.5. The smallest absolute Gasteiger partial charge is 0.146 e. The average Bonchev–Trinajstić information content (AvgIpc) is 3.45. The van der Waals surface area contributed by atoms with Crippen LogP contribution in [0.1, 0.15) is 44.6 Å². The van der Waals surface area contributed by atoms with Crippen molar-refractivity contribution < 1.29 is 13.9 Å². The molecule has 2 aromatic heterocycles. The molecule has 186 valence electrons. The van der Waals surface area contributed by atoms with Crippen LogP contribution < -0.4 is 10.5 Å². The molecule has 2 unspecified atom stereocenters. The molecule has 3 fully saturated rings. The fraction of sp³-hybridized carbons (Fsp3) is 0.556. The van der Waals surface area contributed by atoms with Crippen LogP contribution in [0.3, 0.4) is 0 Å². The number of nitrogens with two attached hydrogens (primary N) is 1. The Morgan fingerprint density at radius 2 is 2.09 bits per heavy atom. The third-order valence-corrected chi connectivity index (χ3v) is 7.83. The van der Waals surface area contributed by atoms with Crippen molar-refractivity contribution in [1.29, 1.82) is 0 Å². The van der Waals surface area contributed by atoms with E-state index in [0.717, 1.165) is 73.3 Å². The normalized spacial score (nSPS) is 27.2. The van der Waals surface area contributed by atoms with Crippen LogP contribution in [-0.4, -0.2) is 64.6 Å². The number of rotatable bonds is 7. The van der Waals surface area contributed by atoms with E-state index in [9.17, 15) is 4.39 Å². The number of anilines is 1. The standard InChI is InChI=1S/C27H34FN5O2/c28-20-7-8-32(14-20)13-18-10-21(11-18)33-15-24(25-26(29)30-17-31-27(25)33)19-4-3-6-22(12-19)35-16-23-5-1-2-9-34-23/h3-4,6,12,15,17-18,20-21,23H,1-2,5,7-11,13-14,16H2,(H2,29,30,31). The number of alkyl halides is 1. The number of hydrogen-bond acceptors (Lipinski definition) is 6. The van der Waals surface area contributed by atoms with Gasteiger partial charge < -0.3 is 24.7 Å². The first-order chi connectivity index (χ1) is 17.1. The van der Waals surface area contributed by atoms with Gasteiger partial charge in [-0.2, -0.15) is 0 Å². The molecule has 6 rings (SSSR count). The van der Waals surface area contributed by atoms with Crippen LogP contribution in [0.4, 0.5) is 10.2 Å². The molecule has 0 radical (unpaired) electrons. The third kappa shape index (κ3) is 4.74. The molecule has 0 spiro atoms. The second kappa shape index (κ2) is 9.74. The number of ether oxygens (including phenoxy) is 2. The molecule has 7 nitrogen and oxygen atoms in total. The van der Waals surface area contributed by atoms with Crippen molar-refractivity contribution in [1.82, 2.24) is 19.4 Å². The second-order valence-electron chi connectivity index (χ2n) is 10.4. The quantitative estimate of drug-likeness (QED) is 0.533. The predicted octanol–water partition coefficient (Wildman–Crippen LogP) is 4.62. The van der Waals surface area contributed by atoms with Gasteiger partial charge in [0.2, 0.25) is 0 Å². The van der Waals surface area contributed by atoms with Crippen molar-refractivity contribution in [3.63, 3.8) is 0 Å². The van der Waals surface area contributed by atoms with Crippen molar-refractivity contribution in [2.75, 3.05) is 38.6 Å². The molecule has 2 atom stereocenters. The van der Waals surface area contributed by atoms with Crippen molar-refractivity contribution in [2.45, 2.75) is 56.8 Å². The van der Waals surface area contributed by atoms with Gasteiger partial charge in [0.25, 0.3) is 0 Å². The molecule has 1 aliphatic carbocycles. The van der Waals surface area contributed by atoms with Crippen molar-refractivity contribution in [2.24, 2.45) is 5.92 Å². The van der Waals surface area contributed by atoms with Gasteiger partial charge in [0.1, 0.15) is 36.3 Å². The summed E-state index contributed by atoms with van der Waals surface area (Å²) in [6, 6.07) is 8.53. The summed E-state index contributed by atoms with van der Waals surface area (Å²) in [5.74, 6) is 1.92. The van der Waals surface area contributed by atoms with Crippen molar-refractivity contribution in [3.05, 3.63) is 36.8 Å². The zero-order valence-corrected chi connectivity index (χ0v) is 20.1. The first-order valence-electron chi connectivity index (χ1n) is 13.0. The first-order valence-corrected chi connectivity index (χ1v) is 13.0. The van der Waals surface area contributed by atoms with Crippen molar-refractivity contribution in [3.8, 4) is 16.9 Å². The van der Waals surface area contributed by atoms with Crippen LogP contribution in [0.25, 0.3) is 22.2 Å². The number of nitrogens with zero attached hydrogens (tertiary/aromatic N) is 4. The highest BCUT2D eigenvalue weighted by molar-refractivity contribution is 6.00. The summed E-state index contributed by atoms with van der Waals surface area (Å²) in [7, 11) is 0. The molecule has 35 heavy (non-hydrogen) atoms. The largest absolute Gasteiger partial charge is 0.491 e. The number of likely N-dealkylation sites (tertiary alicyclic amines) is 1. The van der Waals surface area contributed by atoms with Crippen molar-refractivity contribution >= 4 is 16.9 Å². The molecular weight excluding hydrogens is 445 g/mol. The summed E-state index contributed by atoms with van der Waals surface area (Å²) in [5, 5.41) is 0.892. The Hall–Kier alpha value is -2.71. The van der Waals surface area contributed by atoms with E-state index < -0.39 is 6.17 Å². The topological polar surface area (TPSA) is 78.4 Å². The monoisotopic (exact) mass is 479 g/mol. The Labute approximate surface area is 205 Å². The molecule has 2 saturated heterocycles. The Kier molecular flexibility index (Phi) is 6.33. The van der Waals surface area contributed by atoms with Gasteiger partial charge in [0, 0.05) is 44.0 Å². The zero-order valence-electron chi connectivity index (χ0n) is 20.1. The molecule has 1 saturated carbocycles. The first kappa shape index (κ1) is 22.7. The molecule has 3 aromatic rings. The Balaban J connectivity index is 1.21. The van der Waals surface area contributed by atoms with Crippen LogP contribution >= 0.6 is 0 Å². The molecule has 0 bridgehead atoms. The number of aromatic nitrogens is 3. The van der Waals surface area contributed by atoms with E-state index in [1.807, 2.05) is 12.1 Å². The average molecular weight is 480 g/mol. The van der Waals surface area contributed by atoms with Gasteiger partial charge in [-0.05, 0) is 62.1 Å². The lowest BCUT2D eigenvalue weighted by atomic mass is 9.79. The highest BCUT2D eigenvalue weighted by atomic mass is 19.1. The SMILES string of the molecule is Nc1ncnc2c1c(-c1cccc(OCC3CCCCO3)c1)cn2C1CC(CN2CCC(F)C2)C1. The minimum atomic E-state index is -0.656. The maximum atomic E-state index is 13.5. The molecule has 2 N–H and O–H groups in total. The molecule has 1 aromatic carbocycles. The zero-order chi connectivity index (χ0) is 23.8. The summed E-state index contributed by atoms with van der Waals surface area (Å²) < 4.78 is 27.7. The van der Waals surface area contributed by atoms with Gasteiger partial charge in [-0.15, -0.1) is 0 Å². The van der Waals surface area contributed by atoms with Crippen LogP contribution in [0.5, 0.6) is 5.75 Å². The van der Waals surface area contributed by atoms with Crippen LogP contribution in [0.15, 0.2) is 36.8 Å². The summed E-state index contributed by atoms with van der Waals surface area (Å²) in [5.41, 5.74) is 9.30. The lowest BCUT2D eigenvalue weighted by molar-refractivity contribution is -0.0110. The number of halogens is 1. The van der Waals surface area contributed by atoms with Crippen LogP contribution in [0.2, 0.25) is 0 Å². The molecule has 3 aliphatic rings. The summed E-state index contributed by atoms with van der Waals surface area (Å²) in [6.07, 6.45) is 9.44. The minimum Gasteiger partial charge on any atom is -0.491 e. The highest BCUT2D eigenvalue weighted by Crippen LogP contribution is 2.43. The highest BCUT2D eigenvalue weighted by Gasteiger charge is 2.35. The lowest BCUT2D eigenvalue weighted by Gasteiger charge is -2.38. The summed E-state index contributed by atoms with van der Waals surface area (Å²) in [4.78, 5) is 11.2. The van der Waals surface area contributed by atoms with Gasteiger partial charge in [-0.1, -0.05) is 12.1 Å². The number of fused-ring (bicyclic) bond motifs is 1. The van der Waals surface area contributed by atoms with Crippen LogP contribution in [-0.2, 0) is 4.74 Å². The maximum Gasteiger partial charge on any atom is 0.146 e. The van der Waals surface area contributed by atoms with E-state index in [1.54, 1.807) is 6.33 Å². The van der Waals surface area contributed by atoms with Gasteiger partial charge in [0.15, 0.2) is 0 Å². The number of hydrogen-bond donors (Lipinski definition) is 1. The Morgan fingerprint density at radius 3 is 2.89 bits per heavy atom. The lowest BCUT2D eigenvalue weighted by Crippen LogP contribution is -2.36. The predicted molar refractivity (Wildman–Crippen MR) is 134 cm³/mol. The van der Waals surface area contributed by atoms with E-state index in [1.165, 1.54) is 6.42 Å². The van der Waals surface area contributed by atoms with Gasteiger partial charge in [-0.25, -0.2) is 14.4 Å². The number of nitrogen functional groups attached to an aromatic ring is 1. The van der Waals surface area contributed by atoms with Gasteiger partial charge >= 0.3 is 0 Å². The molecule has 8 heteroatoms.